The zero-order valence-electron chi connectivity index (χ0n) is 12.2. The van der Waals surface area contributed by atoms with Gasteiger partial charge in [-0.05, 0) is 43.5 Å². The van der Waals surface area contributed by atoms with Crippen LogP contribution in [0.4, 0.5) is 5.69 Å². The standard InChI is InChI=1S/C16H24N2O2/c1-2-17-12-13-6-5-7-14(10-13)18-16(19)11-15-8-3-4-9-20-15/h5-7,10,15,17H,2-4,8-9,11-12H2,1H3,(H,18,19). The first kappa shape index (κ1) is 15.0. The van der Waals surface area contributed by atoms with Gasteiger partial charge in [0, 0.05) is 18.8 Å². The number of benzene rings is 1. The van der Waals surface area contributed by atoms with Crippen LogP contribution < -0.4 is 10.6 Å². The molecule has 20 heavy (non-hydrogen) atoms. The Morgan fingerprint density at radius 3 is 3.05 bits per heavy atom. The van der Waals surface area contributed by atoms with Crippen LogP contribution in [0.5, 0.6) is 0 Å². The van der Waals surface area contributed by atoms with Gasteiger partial charge in [0.15, 0.2) is 0 Å². The third kappa shape index (κ3) is 4.94. The van der Waals surface area contributed by atoms with Crippen molar-refractivity contribution in [2.45, 2.75) is 45.3 Å². The van der Waals surface area contributed by atoms with Crippen molar-refractivity contribution in [2.24, 2.45) is 0 Å². The zero-order chi connectivity index (χ0) is 14.2. The molecule has 1 amide bonds. The van der Waals surface area contributed by atoms with Crippen LogP contribution in [0.2, 0.25) is 0 Å². The molecular formula is C16H24N2O2. The number of hydrogen-bond acceptors (Lipinski definition) is 3. The first-order chi connectivity index (χ1) is 9.78. The Balaban J connectivity index is 1.83. The number of rotatable bonds is 6. The van der Waals surface area contributed by atoms with Crippen molar-refractivity contribution < 1.29 is 9.53 Å². The highest BCUT2D eigenvalue weighted by Gasteiger charge is 2.17. The molecular weight excluding hydrogens is 252 g/mol. The minimum absolute atomic E-state index is 0.0394. The van der Waals surface area contributed by atoms with Gasteiger partial charge in [0.1, 0.15) is 0 Å². The van der Waals surface area contributed by atoms with Gasteiger partial charge in [-0.25, -0.2) is 0 Å². The molecule has 0 bridgehead atoms. The Kier molecular flexibility index (Phi) is 6.02. The summed E-state index contributed by atoms with van der Waals surface area (Å²) in [5.74, 6) is 0.0394. The first-order valence-electron chi connectivity index (χ1n) is 7.49. The lowest BCUT2D eigenvalue weighted by atomic mass is 10.1. The van der Waals surface area contributed by atoms with Gasteiger partial charge in [-0.3, -0.25) is 4.79 Å². The van der Waals surface area contributed by atoms with Crippen molar-refractivity contribution in [3.8, 4) is 0 Å². The molecule has 0 aliphatic carbocycles. The maximum absolute atomic E-state index is 12.0. The molecule has 0 spiro atoms. The lowest BCUT2D eigenvalue weighted by Gasteiger charge is -2.22. The van der Waals surface area contributed by atoms with E-state index in [1.54, 1.807) is 0 Å². The number of ether oxygens (including phenoxy) is 1. The zero-order valence-corrected chi connectivity index (χ0v) is 12.2. The summed E-state index contributed by atoms with van der Waals surface area (Å²) in [6.45, 7) is 4.63. The van der Waals surface area contributed by atoms with Crippen LogP contribution in [0.1, 0.15) is 38.2 Å². The van der Waals surface area contributed by atoms with E-state index in [9.17, 15) is 4.79 Å². The Bertz CT molecular complexity index is 428. The van der Waals surface area contributed by atoms with Crippen LogP contribution in [-0.4, -0.2) is 25.2 Å². The summed E-state index contributed by atoms with van der Waals surface area (Å²) >= 11 is 0. The van der Waals surface area contributed by atoms with Gasteiger partial charge in [0.2, 0.25) is 5.91 Å². The van der Waals surface area contributed by atoms with Crippen molar-refractivity contribution >= 4 is 11.6 Å². The van der Waals surface area contributed by atoms with E-state index in [0.717, 1.165) is 44.6 Å². The molecule has 0 saturated carbocycles. The summed E-state index contributed by atoms with van der Waals surface area (Å²) in [6, 6.07) is 7.97. The van der Waals surface area contributed by atoms with Crippen molar-refractivity contribution in [3.05, 3.63) is 29.8 Å². The number of carbonyl (C=O) groups excluding carboxylic acids is 1. The molecule has 0 radical (unpaired) electrons. The van der Waals surface area contributed by atoms with Crippen molar-refractivity contribution in [1.82, 2.24) is 5.32 Å². The summed E-state index contributed by atoms with van der Waals surface area (Å²) < 4.78 is 5.59. The molecule has 4 heteroatoms. The quantitative estimate of drug-likeness (QED) is 0.840. The molecule has 1 atom stereocenters. The predicted octanol–water partition coefficient (Wildman–Crippen LogP) is 2.69. The minimum Gasteiger partial charge on any atom is -0.378 e. The first-order valence-corrected chi connectivity index (χ1v) is 7.49. The van der Waals surface area contributed by atoms with E-state index in [-0.39, 0.29) is 12.0 Å². The van der Waals surface area contributed by atoms with Crippen LogP contribution in [0.15, 0.2) is 24.3 Å². The van der Waals surface area contributed by atoms with Crippen LogP contribution in [0.3, 0.4) is 0 Å². The number of nitrogens with one attached hydrogen (secondary N) is 2. The topological polar surface area (TPSA) is 50.4 Å². The van der Waals surface area contributed by atoms with E-state index in [1.165, 1.54) is 5.56 Å². The Hall–Kier alpha value is -1.39. The summed E-state index contributed by atoms with van der Waals surface area (Å²) in [5, 5.41) is 6.24. The Labute approximate surface area is 120 Å². The van der Waals surface area contributed by atoms with Crippen LogP contribution in [0.25, 0.3) is 0 Å². The van der Waals surface area contributed by atoms with Crippen LogP contribution in [0, 0.1) is 0 Å². The van der Waals surface area contributed by atoms with E-state index in [1.807, 2.05) is 18.2 Å². The summed E-state index contributed by atoms with van der Waals surface area (Å²) in [7, 11) is 0. The third-order valence-corrected chi connectivity index (χ3v) is 3.48. The largest absolute Gasteiger partial charge is 0.378 e. The molecule has 1 saturated heterocycles. The average molecular weight is 276 g/mol. The maximum atomic E-state index is 12.0. The van der Waals surface area contributed by atoms with E-state index >= 15 is 0 Å². The third-order valence-electron chi connectivity index (χ3n) is 3.48. The second kappa shape index (κ2) is 8.02. The van der Waals surface area contributed by atoms with Gasteiger partial charge in [-0.2, -0.15) is 0 Å². The fourth-order valence-electron chi connectivity index (χ4n) is 2.42. The second-order valence-corrected chi connectivity index (χ2v) is 5.22. The average Bonchev–Trinajstić information content (AvgIpc) is 2.46. The van der Waals surface area contributed by atoms with Gasteiger partial charge >= 0.3 is 0 Å². The van der Waals surface area contributed by atoms with Crippen molar-refractivity contribution in [3.63, 3.8) is 0 Å². The maximum Gasteiger partial charge on any atom is 0.226 e. The highest BCUT2D eigenvalue weighted by Crippen LogP contribution is 2.17. The molecule has 0 aromatic heterocycles. The molecule has 1 fully saturated rings. The molecule has 2 rings (SSSR count). The summed E-state index contributed by atoms with van der Waals surface area (Å²) in [5.41, 5.74) is 2.04. The van der Waals surface area contributed by atoms with Crippen molar-refractivity contribution in [1.29, 1.82) is 0 Å². The monoisotopic (exact) mass is 276 g/mol. The molecule has 1 aromatic rings. The number of hydrogen-bond donors (Lipinski definition) is 2. The van der Waals surface area contributed by atoms with Crippen molar-refractivity contribution in [2.75, 3.05) is 18.5 Å². The lowest BCUT2D eigenvalue weighted by Crippen LogP contribution is -2.25. The summed E-state index contributed by atoms with van der Waals surface area (Å²) in [6.07, 6.45) is 3.82. The fourth-order valence-corrected chi connectivity index (χ4v) is 2.42. The smallest absolute Gasteiger partial charge is 0.226 e. The Morgan fingerprint density at radius 2 is 2.30 bits per heavy atom. The van der Waals surface area contributed by atoms with Gasteiger partial charge < -0.3 is 15.4 Å². The Morgan fingerprint density at radius 1 is 1.40 bits per heavy atom. The van der Waals surface area contributed by atoms with Gasteiger partial charge in [0.05, 0.1) is 12.5 Å². The van der Waals surface area contributed by atoms with Crippen LogP contribution in [-0.2, 0) is 16.1 Å². The lowest BCUT2D eigenvalue weighted by molar-refractivity contribution is -0.119. The number of amides is 1. The van der Waals surface area contributed by atoms with Gasteiger partial charge in [-0.15, -0.1) is 0 Å². The number of carbonyl (C=O) groups is 1. The highest BCUT2D eigenvalue weighted by molar-refractivity contribution is 5.91. The molecule has 4 nitrogen and oxygen atoms in total. The van der Waals surface area contributed by atoms with Crippen LogP contribution >= 0.6 is 0 Å². The van der Waals surface area contributed by atoms with Gasteiger partial charge in [0.25, 0.3) is 0 Å². The van der Waals surface area contributed by atoms with E-state index in [4.69, 9.17) is 4.74 Å². The highest BCUT2D eigenvalue weighted by atomic mass is 16.5. The SMILES string of the molecule is CCNCc1cccc(NC(=O)CC2CCCCO2)c1. The van der Waals surface area contributed by atoms with E-state index in [2.05, 4.69) is 23.6 Å². The normalized spacial score (nSPS) is 18.8. The number of anilines is 1. The predicted molar refractivity (Wildman–Crippen MR) is 80.7 cm³/mol. The molecule has 110 valence electrons. The summed E-state index contributed by atoms with van der Waals surface area (Å²) in [4.78, 5) is 12.0. The molecule has 1 aliphatic rings. The molecule has 1 heterocycles. The second-order valence-electron chi connectivity index (χ2n) is 5.22. The molecule has 1 unspecified atom stereocenters. The molecule has 1 aliphatic heterocycles. The van der Waals surface area contributed by atoms with Gasteiger partial charge in [-0.1, -0.05) is 19.1 Å². The van der Waals surface area contributed by atoms with E-state index in [0.29, 0.717) is 6.42 Å². The molecule has 2 N–H and O–H groups in total. The fraction of sp³-hybridized carbons (Fsp3) is 0.562. The minimum atomic E-state index is 0.0394. The van der Waals surface area contributed by atoms with E-state index < -0.39 is 0 Å². The molecule has 1 aromatic carbocycles.